The van der Waals surface area contributed by atoms with Gasteiger partial charge in [0.1, 0.15) is 8.86 Å². The van der Waals surface area contributed by atoms with Gasteiger partial charge in [0.2, 0.25) is 0 Å². The molecule has 0 N–H and O–H groups in total. The molecule has 2 aromatic carbocycles. The fourth-order valence-corrected chi connectivity index (χ4v) is 7.38. The summed E-state index contributed by atoms with van der Waals surface area (Å²) in [7, 11) is 1.96. The first-order chi connectivity index (χ1) is 8.44. The molecule has 2 rings (SSSR count). The van der Waals surface area contributed by atoms with Crippen molar-refractivity contribution in [2.45, 2.75) is 30.4 Å². The number of hydrogen-bond donors (Lipinski definition) is 0. The van der Waals surface area contributed by atoms with Crippen molar-refractivity contribution in [2.24, 2.45) is 0 Å². The first kappa shape index (κ1) is 14.0. The molecule has 0 saturated carbocycles. The summed E-state index contributed by atoms with van der Waals surface area (Å²) in [6.45, 7) is 6.24. The van der Waals surface area contributed by atoms with E-state index in [0.29, 0.717) is 0 Å². The molecule has 96 valence electrons. The fourth-order valence-electron chi connectivity index (χ4n) is 1.52. The van der Waals surface area contributed by atoms with Gasteiger partial charge in [0, 0.05) is 9.64 Å². The fraction of sp³-hybridized carbons (Fsp3) is 0.286. The van der Waals surface area contributed by atoms with E-state index in [1.807, 2.05) is 18.2 Å². The van der Waals surface area contributed by atoms with Crippen molar-refractivity contribution in [3.05, 3.63) is 42.5 Å². The molecule has 0 bridgehead atoms. The molecular formula is C14H16OS3. The second-order valence-electron chi connectivity index (χ2n) is 4.99. The van der Waals surface area contributed by atoms with Gasteiger partial charge in [0.15, 0.2) is 0 Å². The lowest BCUT2D eigenvalue weighted by Gasteiger charge is -2.15. The van der Waals surface area contributed by atoms with Crippen LogP contribution in [0.5, 0.6) is 0 Å². The Morgan fingerprint density at radius 2 is 1.67 bits per heavy atom. The van der Waals surface area contributed by atoms with Gasteiger partial charge < -0.3 is 0 Å². The smallest absolute Gasteiger partial charge is 0.146 e. The van der Waals surface area contributed by atoms with Gasteiger partial charge in [-0.05, 0) is 44.5 Å². The quantitative estimate of drug-likeness (QED) is 0.738. The topological polar surface area (TPSA) is 17.1 Å². The van der Waals surface area contributed by atoms with Gasteiger partial charge in [0.05, 0.1) is 0 Å². The minimum absolute atomic E-state index is 0.0225. The van der Waals surface area contributed by atoms with E-state index < -0.39 is 8.86 Å². The molecule has 0 aliphatic rings. The molecule has 1 unspecified atom stereocenters. The van der Waals surface area contributed by atoms with Crippen molar-refractivity contribution in [3.8, 4) is 0 Å². The van der Waals surface area contributed by atoms with E-state index in [4.69, 9.17) is 0 Å². The maximum atomic E-state index is 12.0. The summed E-state index contributed by atoms with van der Waals surface area (Å²) in [6, 6.07) is 14.4. The van der Waals surface area contributed by atoms with Crippen LogP contribution in [0.1, 0.15) is 20.8 Å². The van der Waals surface area contributed by atoms with E-state index in [1.165, 1.54) is 32.4 Å². The Labute approximate surface area is 118 Å². The summed E-state index contributed by atoms with van der Waals surface area (Å²) >= 11 is 0. The molecule has 0 aliphatic heterocycles. The monoisotopic (exact) mass is 296 g/mol. The average molecular weight is 296 g/mol. The number of hydrogen-bond acceptors (Lipinski definition) is 3. The van der Waals surface area contributed by atoms with E-state index in [2.05, 4.69) is 45.0 Å². The van der Waals surface area contributed by atoms with Gasteiger partial charge in [-0.25, -0.2) is 4.21 Å². The van der Waals surface area contributed by atoms with Crippen LogP contribution in [0.25, 0.3) is 10.8 Å². The summed E-state index contributed by atoms with van der Waals surface area (Å²) in [6.07, 6.45) is 0. The highest BCUT2D eigenvalue weighted by atomic mass is 33.5. The number of benzene rings is 2. The Hall–Kier alpha value is -0.450. The largest absolute Gasteiger partial charge is 0.236 e. The first-order valence-corrected chi connectivity index (χ1v) is 9.54. The van der Waals surface area contributed by atoms with Crippen molar-refractivity contribution < 1.29 is 4.21 Å². The zero-order valence-electron chi connectivity index (χ0n) is 10.7. The molecule has 18 heavy (non-hydrogen) atoms. The molecular weight excluding hydrogens is 280 g/mol. The zero-order chi connectivity index (χ0) is 13.2. The van der Waals surface area contributed by atoms with E-state index in [-0.39, 0.29) is 4.75 Å². The standard InChI is InChI=1S/C14H16OS3/c1-14(2,3)17-18(15)16-13-9-8-11-6-4-5-7-12(11)10-13/h4-10H,1-3H3. The highest BCUT2D eigenvalue weighted by Crippen LogP contribution is 2.37. The minimum Gasteiger partial charge on any atom is -0.236 e. The van der Waals surface area contributed by atoms with Crippen molar-refractivity contribution in [1.29, 1.82) is 0 Å². The van der Waals surface area contributed by atoms with Gasteiger partial charge in [0.25, 0.3) is 0 Å². The second-order valence-corrected chi connectivity index (χ2v) is 10.9. The Bertz CT molecular complexity index is 573. The lowest BCUT2D eigenvalue weighted by atomic mass is 10.1. The van der Waals surface area contributed by atoms with Gasteiger partial charge in [-0.1, -0.05) is 51.1 Å². The van der Waals surface area contributed by atoms with Crippen LogP contribution >= 0.6 is 21.6 Å². The lowest BCUT2D eigenvalue weighted by molar-refractivity contribution is 0.698. The van der Waals surface area contributed by atoms with Crippen LogP contribution in [0.15, 0.2) is 47.4 Å². The average Bonchev–Trinajstić information content (AvgIpc) is 2.26. The van der Waals surface area contributed by atoms with Crippen LogP contribution in [-0.2, 0) is 8.86 Å². The first-order valence-electron chi connectivity index (χ1n) is 5.72. The van der Waals surface area contributed by atoms with Crippen LogP contribution in [-0.4, -0.2) is 8.96 Å². The molecule has 0 amide bonds. The zero-order valence-corrected chi connectivity index (χ0v) is 13.1. The third kappa shape index (κ3) is 4.04. The van der Waals surface area contributed by atoms with Gasteiger partial charge >= 0.3 is 0 Å². The molecule has 0 fully saturated rings. The van der Waals surface area contributed by atoms with Crippen LogP contribution in [0.4, 0.5) is 0 Å². The van der Waals surface area contributed by atoms with Crippen LogP contribution < -0.4 is 0 Å². The molecule has 0 saturated heterocycles. The van der Waals surface area contributed by atoms with E-state index in [1.54, 1.807) is 0 Å². The number of rotatable bonds is 3. The minimum atomic E-state index is -0.950. The van der Waals surface area contributed by atoms with Gasteiger partial charge in [-0.15, -0.1) is 0 Å². The van der Waals surface area contributed by atoms with Crippen molar-refractivity contribution in [1.82, 2.24) is 0 Å². The molecule has 1 atom stereocenters. The molecule has 0 radical (unpaired) electrons. The summed E-state index contributed by atoms with van der Waals surface area (Å²) in [4.78, 5) is 1.06. The Balaban J connectivity index is 2.15. The van der Waals surface area contributed by atoms with E-state index in [0.717, 1.165) is 4.90 Å². The summed E-state index contributed by atoms with van der Waals surface area (Å²) in [5.41, 5.74) is 0. The number of fused-ring (bicyclic) bond motifs is 1. The molecule has 1 nitrogen and oxygen atoms in total. The predicted molar refractivity (Wildman–Crippen MR) is 85.3 cm³/mol. The second kappa shape index (κ2) is 5.68. The third-order valence-corrected chi connectivity index (χ3v) is 7.54. The lowest BCUT2D eigenvalue weighted by Crippen LogP contribution is -2.07. The molecule has 0 aromatic heterocycles. The van der Waals surface area contributed by atoms with Crippen LogP contribution in [0.2, 0.25) is 0 Å². The molecule has 2 aromatic rings. The van der Waals surface area contributed by atoms with E-state index >= 15 is 0 Å². The third-order valence-electron chi connectivity index (χ3n) is 2.20. The van der Waals surface area contributed by atoms with E-state index in [9.17, 15) is 4.21 Å². The highest BCUT2D eigenvalue weighted by Gasteiger charge is 2.16. The van der Waals surface area contributed by atoms with Crippen molar-refractivity contribution >= 4 is 41.2 Å². The molecule has 0 heterocycles. The van der Waals surface area contributed by atoms with Crippen LogP contribution in [0.3, 0.4) is 0 Å². The molecule has 0 spiro atoms. The van der Waals surface area contributed by atoms with Gasteiger partial charge in [-0.3, -0.25) is 0 Å². The van der Waals surface area contributed by atoms with Crippen LogP contribution in [0, 0.1) is 0 Å². The normalized spacial score (nSPS) is 13.7. The summed E-state index contributed by atoms with van der Waals surface area (Å²) < 4.78 is 12.0. The van der Waals surface area contributed by atoms with Gasteiger partial charge in [-0.2, -0.15) is 0 Å². The SMILES string of the molecule is CC(C)(C)SS(=O)Sc1ccc2ccccc2c1. The summed E-state index contributed by atoms with van der Waals surface area (Å²) in [5.74, 6) is 0. The molecule has 0 aliphatic carbocycles. The molecule has 4 heteroatoms. The Morgan fingerprint density at radius 3 is 2.33 bits per heavy atom. The maximum Gasteiger partial charge on any atom is 0.146 e. The van der Waals surface area contributed by atoms with Crippen molar-refractivity contribution in [2.75, 3.05) is 0 Å². The summed E-state index contributed by atoms with van der Waals surface area (Å²) in [5, 5.41) is 2.41. The highest BCUT2D eigenvalue weighted by molar-refractivity contribution is 9.02. The predicted octanol–water partition coefficient (Wildman–Crippen LogP) is 5.04. The Kier molecular flexibility index (Phi) is 4.41. The van der Waals surface area contributed by atoms with Crippen molar-refractivity contribution in [3.63, 3.8) is 0 Å². The Morgan fingerprint density at radius 1 is 1.00 bits per heavy atom. The maximum absolute atomic E-state index is 12.0.